The lowest BCUT2D eigenvalue weighted by atomic mass is 10.1. The van der Waals surface area contributed by atoms with Gasteiger partial charge in [0.25, 0.3) is 0 Å². The van der Waals surface area contributed by atoms with Gasteiger partial charge in [0.05, 0.1) is 21.3 Å². The third-order valence-corrected chi connectivity index (χ3v) is 4.22. The Hall–Kier alpha value is -1.67. The summed E-state index contributed by atoms with van der Waals surface area (Å²) in [5, 5.41) is 10.7. The molecule has 1 aliphatic heterocycles. The SMILES string of the molecule is N#Cc1c(N)ncc2c1CN(c1c(Cl)cc(Cl)cc1Cl)C2. The maximum atomic E-state index is 9.23. The van der Waals surface area contributed by atoms with Crippen molar-refractivity contribution >= 4 is 46.3 Å². The van der Waals surface area contributed by atoms with Crippen LogP contribution in [0.25, 0.3) is 0 Å². The smallest absolute Gasteiger partial charge is 0.141 e. The maximum Gasteiger partial charge on any atom is 0.141 e. The maximum absolute atomic E-state index is 9.23. The number of benzene rings is 1. The molecule has 0 atom stereocenters. The summed E-state index contributed by atoms with van der Waals surface area (Å²) >= 11 is 18.4. The highest BCUT2D eigenvalue weighted by molar-refractivity contribution is 6.41. The highest BCUT2D eigenvalue weighted by Gasteiger charge is 2.27. The van der Waals surface area contributed by atoms with Gasteiger partial charge in [0, 0.05) is 24.3 Å². The molecule has 0 radical (unpaired) electrons. The number of hydrogen-bond acceptors (Lipinski definition) is 4. The fraction of sp³-hybridized carbons (Fsp3) is 0.143. The third kappa shape index (κ3) is 2.38. The Kier molecular flexibility index (Phi) is 3.58. The van der Waals surface area contributed by atoms with E-state index < -0.39 is 0 Å². The van der Waals surface area contributed by atoms with Gasteiger partial charge in [-0.05, 0) is 23.3 Å². The van der Waals surface area contributed by atoms with Crippen LogP contribution in [0.5, 0.6) is 0 Å². The summed E-state index contributed by atoms with van der Waals surface area (Å²) in [6.07, 6.45) is 1.68. The molecule has 7 heteroatoms. The second-order valence-electron chi connectivity index (χ2n) is 4.71. The number of nitrogens with two attached hydrogens (primary N) is 1. The lowest BCUT2D eigenvalue weighted by molar-refractivity contribution is 0.879. The number of rotatable bonds is 1. The number of nitrogens with zero attached hydrogens (tertiary/aromatic N) is 3. The minimum Gasteiger partial charge on any atom is -0.383 e. The number of nitrogen functional groups attached to an aromatic ring is 1. The van der Waals surface area contributed by atoms with Crippen LogP contribution in [0.4, 0.5) is 11.5 Å². The van der Waals surface area contributed by atoms with Crippen molar-refractivity contribution in [2.45, 2.75) is 13.1 Å². The number of hydrogen-bond donors (Lipinski definition) is 1. The normalized spacial score (nSPS) is 13.1. The molecule has 2 aromatic rings. The second-order valence-corrected chi connectivity index (χ2v) is 5.96. The van der Waals surface area contributed by atoms with Crippen molar-refractivity contribution in [2.24, 2.45) is 0 Å². The topological polar surface area (TPSA) is 65.9 Å². The van der Waals surface area contributed by atoms with Crippen molar-refractivity contribution in [3.8, 4) is 6.07 Å². The molecule has 1 aromatic heterocycles. The Bertz CT molecular complexity index is 760. The number of aromatic nitrogens is 1. The summed E-state index contributed by atoms with van der Waals surface area (Å²) in [4.78, 5) is 6.03. The minimum absolute atomic E-state index is 0.242. The van der Waals surface area contributed by atoms with Crippen molar-refractivity contribution in [1.82, 2.24) is 4.98 Å². The average Bonchev–Trinajstić information content (AvgIpc) is 2.81. The van der Waals surface area contributed by atoms with Gasteiger partial charge in [0.2, 0.25) is 0 Å². The molecule has 3 rings (SSSR count). The van der Waals surface area contributed by atoms with Crippen LogP contribution >= 0.6 is 34.8 Å². The van der Waals surface area contributed by atoms with Crippen LogP contribution in [0.1, 0.15) is 16.7 Å². The third-order valence-electron chi connectivity index (χ3n) is 3.42. The molecule has 4 nitrogen and oxygen atoms in total. The van der Waals surface area contributed by atoms with Gasteiger partial charge in [-0.15, -0.1) is 0 Å². The van der Waals surface area contributed by atoms with Crippen LogP contribution < -0.4 is 10.6 Å². The Morgan fingerprint density at radius 3 is 2.48 bits per heavy atom. The van der Waals surface area contributed by atoms with Gasteiger partial charge in [0.15, 0.2) is 0 Å². The zero-order chi connectivity index (χ0) is 15.1. The number of anilines is 2. The van der Waals surface area contributed by atoms with E-state index in [-0.39, 0.29) is 5.82 Å². The molecule has 21 heavy (non-hydrogen) atoms. The molecule has 1 aromatic carbocycles. The summed E-state index contributed by atoms with van der Waals surface area (Å²) in [7, 11) is 0. The average molecular weight is 340 g/mol. The molecule has 0 amide bonds. The molecule has 0 unspecified atom stereocenters. The van der Waals surface area contributed by atoms with Crippen molar-refractivity contribution in [3.05, 3.63) is 50.1 Å². The van der Waals surface area contributed by atoms with Gasteiger partial charge in [-0.25, -0.2) is 4.98 Å². The van der Waals surface area contributed by atoms with Crippen molar-refractivity contribution in [3.63, 3.8) is 0 Å². The van der Waals surface area contributed by atoms with E-state index in [4.69, 9.17) is 40.5 Å². The zero-order valence-electron chi connectivity index (χ0n) is 10.7. The summed E-state index contributed by atoms with van der Waals surface area (Å²) in [5.41, 5.74) is 8.67. The second kappa shape index (κ2) is 5.27. The molecular weight excluding hydrogens is 331 g/mol. The molecule has 0 saturated carbocycles. The Balaban J connectivity index is 2.05. The van der Waals surface area contributed by atoms with Crippen LogP contribution in [-0.2, 0) is 13.1 Å². The minimum atomic E-state index is 0.242. The first kappa shape index (κ1) is 14.3. The van der Waals surface area contributed by atoms with E-state index in [1.54, 1.807) is 18.3 Å². The van der Waals surface area contributed by atoms with E-state index in [1.807, 2.05) is 4.90 Å². The first-order chi connectivity index (χ1) is 10.0. The fourth-order valence-electron chi connectivity index (χ4n) is 2.49. The van der Waals surface area contributed by atoms with Gasteiger partial charge in [-0.3, -0.25) is 0 Å². The number of fused-ring (bicyclic) bond motifs is 1. The van der Waals surface area contributed by atoms with E-state index in [2.05, 4.69) is 11.1 Å². The predicted molar refractivity (Wildman–Crippen MR) is 84.7 cm³/mol. The van der Waals surface area contributed by atoms with Gasteiger partial charge < -0.3 is 10.6 Å². The summed E-state index contributed by atoms with van der Waals surface area (Å²) in [6, 6.07) is 5.39. The predicted octanol–water partition coefficient (Wildman–Crippen LogP) is 4.02. The van der Waals surface area contributed by atoms with Crippen LogP contribution in [0.3, 0.4) is 0 Å². The summed E-state index contributed by atoms with van der Waals surface area (Å²) in [6.45, 7) is 1.07. The van der Waals surface area contributed by atoms with E-state index in [0.29, 0.717) is 39.4 Å². The van der Waals surface area contributed by atoms with Gasteiger partial charge in [-0.2, -0.15) is 5.26 Å². The van der Waals surface area contributed by atoms with Crippen LogP contribution in [0.15, 0.2) is 18.3 Å². The molecule has 0 spiro atoms. The first-order valence-electron chi connectivity index (χ1n) is 6.07. The number of pyridine rings is 1. The largest absolute Gasteiger partial charge is 0.383 e. The Morgan fingerprint density at radius 1 is 1.19 bits per heavy atom. The first-order valence-corrected chi connectivity index (χ1v) is 7.20. The Morgan fingerprint density at radius 2 is 1.86 bits per heavy atom. The van der Waals surface area contributed by atoms with Crippen LogP contribution in [0, 0.1) is 11.3 Å². The number of halogens is 3. The highest BCUT2D eigenvalue weighted by atomic mass is 35.5. The molecular formula is C14H9Cl3N4. The lowest BCUT2D eigenvalue weighted by Gasteiger charge is -2.21. The standard InChI is InChI=1S/C14H9Cl3N4/c15-8-1-11(16)13(12(17)2-8)21-5-7-4-20-14(19)9(3-18)10(7)6-21/h1-2,4H,5-6H2,(H2,19,20). The fourth-order valence-corrected chi connectivity index (χ4v) is 3.55. The van der Waals surface area contributed by atoms with E-state index in [1.165, 1.54) is 0 Å². The monoisotopic (exact) mass is 338 g/mol. The van der Waals surface area contributed by atoms with Gasteiger partial charge in [0.1, 0.15) is 11.9 Å². The lowest BCUT2D eigenvalue weighted by Crippen LogP contribution is -2.15. The van der Waals surface area contributed by atoms with Crippen LogP contribution in [0.2, 0.25) is 15.1 Å². The van der Waals surface area contributed by atoms with Crippen molar-refractivity contribution < 1.29 is 0 Å². The molecule has 0 fully saturated rings. The summed E-state index contributed by atoms with van der Waals surface area (Å²) < 4.78 is 0. The van der Waals surface area contributed by atoms with Crippen LogP contribution in [-0.4, -0.2) is 4.98 Å². The van der Waals surface area contributed by atoms with E-state index in [0.717, 1.165) is 11.1 Å². The molecule has 106 valence electrons. The van der Waals surface area contributed by atoms with Gasteiger partial charge >= 0.3 is 0 Å². The quantitative estimate of drug-likeness (QED) is 0.852. The van der Waals surface area contributed by atoms with Crippen molar-refractivity contribution in [2.75, 3.05) is 10.6 Å². The van der Waals surface area contributed by atoms with E-state index in [9.17, 15) is 5.26 Å². The molecule has 2 heterocycles. The summed E-state index contributed by atoms with van der Waals surface area (Å²) in [5.74, 6) is 0.242. The molecule has 0 bridgehead atoms. The van der Waals surface area contributed by atoms with Crippen molar-refractivity contribution in [1.29, 1.82) is 5.26 Å². The molecule has 0 saturated heterocycles. The molecule has 1 aliphatic rings. The Labute approximate surface area is 136 Å². The van der Waals surface area contributed by atoms with Gasteiger partial charge in [-0.1, -0.05) is 34.8 Å². The van der Waals surface area contributed by atoms with E-state index >= 15 is 0 Å². The molecule has 0 aliphatic carbocycles. The molecule has 2 N–H and O–H groups in total. The number of nitriles is 1. The zero-order valence-corrected chi connectivity index (χ0v) is 13.0. The highest BCUT2D eigenvalue weighted by Crippen LogP contribution is 2.41.